The molecule has 0 spiro atoms. The molecule has 0 bridgehead atoms. The van der Waals surface area contributed by atoms with E-state index in [2.05, 4.69) is 45.0 Å². The van der Waals surface area contributed by atoms with Gasteiger partial charge in [0.05, 0.1) is 0 Å². The van der Waals surface area contributed by atoms with Crippen LogP contribution in [0.3, 0.4) is 0 Å². The van der Waals surface area contributed by atoms with Crippen molar-refractivity contribution < 1.29 is 4.52 Å². The molecule has 0 aliphatic carbocycles. The molecule has 3 nitrogen and oxygen atoms in total. The lowest BCUT2D eigenvalue weighted by molar-refractivity contribution is 0.434. The van der Waals surface area contributed by atoms with E-state index in [1.807, 2.05) is 6.07 Å². The SMILES string of the molecule is Cc1cccc(C)c1-c1onc(N)c1C(C)C. The largest absolute Gasteiger partial charge is 0.381 e. The Morgan fingerprint density at radius 1 is 1.18 bits per heavy atom. The fourth-order valence-electron chi connectivity index (χ4n) is 2.22. The Morgan fingerprint density at radius 3 is 2.29 bits per heavy atom. The minimum Gasteiger partial charge on any atom is -0.381 e. The zero-order valence-electron chi connectivity index (χ0n) is 10.7. The molecule has 0 saturated heterocycles. The molecule has 1 aromatic carbocycles. The van der Waals surface area contributed by atoms with Crippen LogP contribution in [0.5, 0.6) is 0 Å². The molecule has 1 heterocycles. The predicted octanol–water partition coefficient (Wildman–Crippen LogP) is 3.66. The zero-order chi connectivity index (χ0) is 12.6. The Bertz CT molecular complexity index is 521. The van der Waals surface area contributed by atoms with Crippen LogP contribution in [0.4, 0.5) is 5.82 Å². The maximum absolute atomic E-state index is 5.87. The molecule has 17 heavy (non-hydrogen) atoms. The van der Waals surface area contributed by atoms with Gasteiger partial charge >= 0.3 is 0 Å². The number of aryl methyl sites for hydroxylation is 2. The van der Waals surface area contributed by atoms with Gasteiger partial charge in [-0.2, -0.15) is 0 Å². The number of benzene rings is 1. The Balaban J connectivity index is 2.69. The number of hydrogen-bond acceptors (Lipinski definition) is 3. The van der Waals surface area contributed by atoms with Crippen LogP contribution in [-0.2, 0) is 0 Å². The average Bonchev–Trinajstić information content (AvgIpc) is 2.60. The summed E-state index contributed by atoms with van der Waals surface area (Å²) >= 11 is 0. The first-order valence-electron chi connectivity index (χ1n) is 5.84. The van der Waals surface area contributed by atoms with Crippen molar-refractivity contribution in [1.82, 2.24) is 5.16 Å². The molecule has 1 aromatic heterocycles. The van der Waals surface area contributed by atoms with Gasteiger partial charge in [-0.3, -0.25) is 0 Å². The summed E-state index contributed by atoms with van der Waals surface area (Å²) in [5, 5.41) is 3.90. The summed E-state index contributed by atoms with van der Waals surface area (Å²) in [5.74, 6) is 1.61. The molecule has 2 N–H and O–H groups in total. The third kappa shape index (κ3) is 1.93. The van der Waals surface area contributed by atoms with Crippen molar-refractivity contribution >= 4 is 5.82 Å². The van der Waals surface area contributed by atoms with Crippen molar-refractivity contribution in [1.29, 1.82) is 0 Å². The van der Waals surface area contributed by atoms with Crippen LogP contribution < -0.4 is 5.73 Å². The second-order valence-electron chi connectivity index (χ2n) is 4.73. The van der Waals surface area contributed by atoms with Crippen LogP contribution in [0, 0.1) is 13.8 Å². The van der Waals surface area contributed by atoms with Crippen LogP contribution >= 0.6 is 0 Å². The topological polar surface area (TPSA) is 52.0 Å². The molecule has 0 radical (unpaired) electrons. The van der Waals surface area contributed by atoms with E-state index in [1.54, 1.807) is 0 Å². The third-order valence-electron chi connectivity index (χ3n) is 3.04. The van der Waals surface area contributed by atoms with Crippen molar-refractivity contribution in [2.24, 2.45) is 0 Å². The van der Waals surface area contributed by atoms with E-state index < -0.39 is 0 Å². The Kier molecular flexibility index (Phi) is 2.92. The van der Waals surface area contributed by atoms with E-state index >= 15 is 0 Å². The first-order valence-corrected chi connectivity index (χ1v) is 5.84. The summed E-state index contributed by atoms with van der Waals surface area (Å²) < 4.78 is 5.43. The van der Waals surface area contributed by atoms with Crippen LogP contribution in [0.25, 0.3) is 11.3 Å². The molecule has 0 fully saturated rings. The van der Waals surface area contributed by atoms with Gasteiger partial charge in [0.1, 0.15) is 0 Å². The molecule has 2 aromatic rings. The first-order chi connectivity index (χ1) is 8.02. The third-order valence-corrected chi connectivity index (χ3v) is 3.04. The van der Waals surface area contributed by atoms with Gasteiger partial charge in [0.15, 0.2) is 11.6 Å². The van der Waals surface area contributed by atoms with E-state index in [4.69, 9.17) is 10.3 Å². The molecule has 3 heteroatoms. The number of nitrogens with two attached hydrogens (primary N) is 1. The molecular weight excluding hydrogens is 212 g/mol. The van der Waals surface area contributed by atoms with Crippen LogP contribution in [0.2, 0.25) is 0 Å². The van der Waals surface area contributed by atoms with Crippen LogP contribution in [0.1, 0.15) is 36.5 Å². The molecule has 90 valence electrons. The predicted molar refractivity (Wildman–Crippen MR) is 69.9 cm³/mol. The number of hydrogen-bond donors (Lipinski definition) is 1. The van der Waals surface area contributed by atoms with Gasteiger partial charge in [-0.1, -0.05) is 37.2 Å². The Morgan fingerprint density at radius 2 is 1.76 bits per heavy atom. The lowest BCUT2D eigenvalue weighted by atomic mass is 9.94. The van der Waals surface area contributed by atoms with Gasteiger partial charge in [0.25, 0.3) is 0 Å². The van der Waals surface area contributed by atoms with Gasteiger partial charge in [0, 0.05) is 11.1 Å². The van der Waals surface area contributed by atoms with Gasteiger partial charge in [-0.15, -0.1) is 0 Å². The van der Waals surface area contributed by atoms with Crippen LogP contribution in [-0.4, -0.2) is 5.16 Å². The van der Waals surface area contributed by atoms with E-state index in [9.17, 15) is 0 Å². The summed E-state index contributed by atoms with van der Waals surface area (Å²) in [6.45, 7) is 8.34. The molecular formula is C14H18N2O. The normalized spacial score (nSPS) is 11.1. The lowest BCUT2D eigenvalue weighted by Gasteiger charge is -2.10. The van der Waals surface area contributed by atoms with Crippen molar-refractivity contribution in [2.75, 3.05) is 5.73 Å². The number of anilines is 1. The molecule has 0 saturated carbocycles. The molecule has 0 aliphatic heterocycles. The highest BCUT2D eigenvalue weighted by Gasteiger charge is 2.20. The summed E-state index contributed by atoms with van der Waals surface area (Å²) in [6.07, 6.45) is 0. The highest BCUT2D eigenvalue weighted by atomic mass is 16.5. The van der Waals surface area contributed by atoms with Crippen LogP contribution in [0.15, 0.2) is 22.7 Å². The van der Waals surface area contributed by atoms with Crippen molar-refractivity contribution in [3.8, 4) is 11.3 Å². The minimum absolute atomic E-state index is 0.301. The number of rotatable bonds is 2. The highest BCUT2D eigenvalue weighted by Crippen LogP contribution is 2.36. The standard InChI is InChI=1S/C14H18N2O/c1-8(2)11-13(17-16-14(11)15)12-9(3)6-5-7-10(12)4/h5-8H,1-4H3,(H2,15,16). The zero-order valence-corrected chi connectivity index (χ0v) is 10.7. The number of aromatic nitrogens is 1. The fraction of sp³-hybridized carbons (Fsp3) is 0.357. The molecule has 2 rings (SSSR count). The van der Waals surface area contributed by atoms with E-state index in [0.717, 1.165) is 16.9 Å². The summed E-state index contributed by atoms with van der Waals surface area (Å²) in [4.78, 5) is 0. The van der Waals surface area contributed by atoms with Crippen molar-refractivity contribution in [3.63, 3.8) is 0 Å². The lowest BCUT2D eigenvalue weighted by Crippen LogP contribution is -1.96. The van der Waals surface area contributed by atoms with E-state index in [1.165, 1.54) is 11.1 Å². The molecule has 0 atom stereocenters. The van der Waals surface area contributed by atoms with Crippen molar-refractivity contribution in [3.05, 3.63) is 34.9 Å². The maximum Gasteiger partial charge on any atom is 0.173 e. The minimum atomic E-state index is 0.301. The first kappa shape index (κ1) is 11.7. The highest BCUT2D eigenvalue weighted by molar-refractivity contribution is 5.72. The summed E-state index contributed by atoms with van der Waals surface area (Å²) in [6, 6.07) is 6.19. The number of nitrogens with zero attached hydrogens (tertiary/aromatic N) is 1. The fourth-order valence-corrected chi connectivity index (χ4v) is 2.22. The monoisotopic (exact) mass is 230 g/mol. The number of nitrogen functional groups attached to an aromatic ring is 1. The summed E-state index contributed by atoms with van der Waals surface area (Å²) in [7, 11) is 0. The maximum atomic E-state index is 5.87. The van der Waals surface area contributed by atoms with Gasteiger partial charge in [0.2, 0.25) is 0 Å². The molecule has 0 amide bonds. The average molecular weight is 230 g/mol. The summed E-state index contributed by atoms with van der Waals surface area (Å²) in [5.41, 5.74) is 10.4. The van der Waals surface area contributed by atoms with Gasteiger partial charge in [-0.05, 0) is 30.9 Å². The van der Waals surface area contributed by atoms with Gasteiger partial charge in [-0.25, -0.2) is 0 Å². The smallest absolute Gasteiger partial charge is 0.173 e. The second kappa shape index (κ2) is 4.24. The Labute approximate surface area is 102 Å². The second-order valence-corrected chi connectivity index (χ2v) is 4.73. The van der Waals surface area contributed by atoms with Gasteiger partial charge < -0.3 is 10.3 Å². The van der Waals surface area contributed by atoms with Crippen molar-refractivity contribution in [2.45, 2.75) is 33.6 Å². The van der Waals surface area contributed by atoms with E-state index in [-0.39, 0.29) is 0 Å². The Hall–Kier alpha value is -1.77. The van der Waals surface area contributed by atoms with E-state index in [0.29, 0.717) is 11.7 Å². The molecule has 0 aliphatic rings. The molecule has 0 unspecified atom stereocenters. The quantitative estimate of drug-likeness (QED) is 0.856.